The van der Waals surface area contributed by atoms with Crippen LogP contribution in [0, 0.1) is 6.42 Å². The zero-order chi connectivity index (χ0) is 15.6. The normalized spacial score (nSPS) is 12.7. The van der Waals surface area contributed by atoms with Gasteiger partial charge in [0.15, 0.2) is 0 Å². The fourth-order valence-corrected chi connectivity index (χ4v) is 2.72. The fraction of sp³-hybridized carbons (Fsp3) is 0.947. The molecule has 0 saturated carbocycles. The third-order valence-corrected chi connectivity index (χ3v) is 4.18. The van der Waals surface area contributed by atoms with E-state index < -0.39 is 6.10 Å². The summed E-state index contributed by atoms with van der Waals surface area (Å²) in [7, 11) is 0. The second-order valence-corrected chi connectivity index (χ2v) is 6.37. The van der Waals surface area contributed by atoms with Crippen LogP contribution >= 0.6 is 0 Å². The molecule has 0 rings (SSSR count). The zero-order valence-corrected chi connectivity index (χ0v) is 14.4. The minimum atomic E-state index is -0.619. The Labute approximate surface area is 133 Å². The molecule has 0 saturated heterocycles. The lowest BCUT2D eigenvalue weighted by atomic mass is 10.0. The second kappa shape index (κ2) is 18.0. The molecular formula is C19H39O2. The molecule has 0 spiro atoms. The standard InChI is InChI=1S/C19H39O2/c1-2-3-4-5-6-7-8-9-10-11-12-13-14-15-16-17-19(21)18-20/h17,19-21H,2-16,18H2,1H3. The van der Waals surface area contributed by atoms with Crippen molar-refractivity contribution < 1.29 is 10.2 Å². The highest BCUT2D eigenvalue weighted by Gasteiger charge is 2.01. The van der Waals surface area contributed by atoms with Gasteiger partial charge in [0.25, 0.3) is 0 Å². The molecule has 21 heavy (non-hydrogen) atoms. The predicted octanol–water partition coefficient (Wildman–Crippen LogP) is 5.42. The van der Waals surface area contributed by atoms with E-state index in [-0.39, 0.29) is 6.61 Å². The van der Waals surface area contributed by atoms with Crippen molar-refractivity contribution in [3.05, 3.63) is 6.42 Å². The first kappa shape index (κ1) is 20.9. The van der Waals surface area contributed by atoms with Crippen molar-refractivity contribution in [2.45, 2.75) is 109 Å². The van der Waals surface area contributed by atoms with Gasteiger partial charge in [-0.3, -0.25) is 0 Å². The molecule has 0 fully saturated rings. The number of hydrogen-bond acceptors (Lipinski definition) is 2. The Hall–Kier alpha value is -0.0800. The van der Waals surface area contributed by atoms with E-state index in [4.69, 9.17) is 10.2 Å². The van der Waals surface area contributed by atoms with Crippen LogP contribution in [0.5, 0.6) is 0 Å². The Morgan fingerprint density at radius 1 is 0.667 bits per heavy atom. The minimum Gasteiger partial charge on any atom is -0.394 e. The maximum atomic E-state index is 9.16. The number of aliphatic hydroxyl groups excluding tert-OH is 2. The van der Waals surface area contributed by atoms with E-state index in [0.29, 0.717) is 0 Å². The lowest BCUT2D eigenvalue weighted by Gasteiger charge is -2.06. The van der Waals surface area contributed by atoms with Gasteiger partial charge in [0.2, 0.25) is 0 Å². The van der Waals surface area contributed by atoms with Crippen LogP contribution in [0.4, 0.5) is 0 Å². The molecular weight excluding hydrogens is 260 g/mol. The molecule has 0 aliphatic heterocycles. The Morgan fingerprint density at radius 3 is 1.43 bits per heavy atom. The van der Waals surface area contributed by atoms with Gasteiger partial charge < -0.3 is 10.2 Å². The van der Waals surface area contributed by atoms with Gasteiger partial charge in [-0.1, -0.05) is 96.8 Å². The van der Waals surface area contributed by atoms with Gasteiger partial charge in [-0.05, 0) is 12.8 Å². The first-order chi connectivity index (χ1) is 10.3. The molecule has 0 aromatic carbocycles. The van der Waals surface area contributed by atoms with Crippen molar-refractivity contribution in [2.75, 3.05) is 6.61 Å². The summed E-state index contributed by atoms with van der Waals surface area (Å²) < 4.78 is 0. The van der Waals surface area contributed by atoms with Crippen LogP contribution in [-0.4, -0.2) is 22.9 Å². The lowest BCUT2D eigenvalue weighted by Crippen LogP contribution is -2.11. The van der Waals surface area contributed by atoms with Crippen molar-refractivity contribution in [3.63, 3.8) is 0 Å². The van der Waals surface area contributed by atoms with Crippen LogP contribution in [0.25, 0.3) is 0 Å². The van der Waals surface area contributed by atoms with Crippen LogP contribution < -0.4 is 0 Å². The van der Waals surface area contributed by atoms with Crippen molar-refractivity contribution in [3.8, 4) is 0 Å². The van der Waals surface area contributed by atoms with Crippen molar-refractivity contribution in [1.82, 2.24) is 0 Å². The summed E-state index contributed by atoms with van der Waals surface area (Å²) >= 11 is 0. The van der Waals surface area contributed by atoms with Gasteiger partial charge in [0, 0.05) is 0 Å². The van der Waals surface area contributed by atoms with E-state index in [1.165, 1.54) is 83.5 Å². The van der Waals surface area contributed by atoms with Crippen LogP contribution in [0.2, 0.25) is 0 Å². The van der Waals surface area contributed by atoms with E-state index in [9.17, 15) is 0 Å². The maximum absolute atomic E-state index is 9.16. The zero-order valence-electron chi connectivity index (χ0n) is 14.4. The molecule has 0 amide bonds. The highest BCUT2D eigenvalue weighted by Crippen LogP contribution is 2.13. The first-order valence-corrected chi connectivity index (χ1v) is 9.43. The molecule has 2 N–H and O–H groups in total. The van der Waals surface area contributed by atoms with Gasteiger partial charge in [-0.2, -0.15) is 0 Å². The highest BCUT2D eigenvalue weighted by atomic mass is 16.3. The molecule has 0 aliphatic carbocycles. The quantitative estimate of drug-likeness (QED) is 0.352. The molecule has 2 nitrogen and oxygen atoms in total. The summed E-state index contributed by atoms with van der Waals surface area (Å²) in [5.74, 6) is 0. The van der Waals surface area contributed by atoms with Crippen LogP contribution in [-0.2, 0) is 0 Å². The lowest BCUT2D eigenvalue weighted by molar-refractivity contribution is 0.116. The monoisotopic (exact) mass is 299 g/mol. The largest absolute Gasteiger partial charge is 0.394 e. The number of unbranched alkanes of at least 4 members (excludes halogenated alkanes) is 14. The average Bonchev–Trinajstić information content (AvgIpc) is 2.50. The van der Waals surface area contributed by atoms with E-state index in [1.807, 2.05) is 6.42 Å². The smallest absolute Gasteiger partial charge is 0.0802 e. The molecule has 0 aromatic rings. The maximum Gasteiger partial charge on any atom is 0.0802 e. The molecule has 2 heteroatoms. The van der Waals surface area contributed by atoms with E-state index in [1.54, 1.807) is 0 Å². The van der Waals surface area contributed by atoms with Crippen LogP contribution in [0.3, 0.4) is 0 Å². The Balaban J connectivity index is 2.96. The molecule has 127 valence electrons. The molecule has 1 unspecified atom stereocenters. The van der Waals surface area contributed by atoms with Gasteiger partial charge in [0.1, 0.15) is 0 Å². The van der Waals surface area contributed by atoms with Crippen molar-refractivity contribution in [1.29, 1.82) is 0 Å². The average molecular weight is 300 g/mol. The number of aliphatic hydroxyl groups is 2. The van der Waals surface area contributed by atoms with Crippen molar-refractivity contribution >= 4 is 0 Å². The van der Waals surface area contributed by atoms with E-state index in [0.717, 1.165) is 12.8 Å². The Bertz CT molecular complexity index is 182. The van der Waals surface area contributed by atoms with Crippen LogP contribution in [0.15, 0.2) is 0 Å². The SMILES string of the molecule is CCCCCCCCCCCCCCCC[CH]C(O)CO. The summed E-state index contributed by atoms with van der Waals surface area (Å²) in [5.41, 5.74) is 0. The topological polar surface area (TPSA) is 40.5 Å². The first-order valence-electron chi connectivity index (χ1n) is 9.43. The third kappa shape index (κ3) is 17.9. The van der Waals surface area contributed by atoms with Crippen molar-refractivity contribution in [2.24, 2.45) is 0 Å². The summed E-state index contributed by atoms with van der Waals surface area (Å²) in [6.07, 6.45) is 21.4. The van der Waals surface area contributed by atoms with Crippen LogP contribution in [0.1, 0.15) is 103 Å². The highest BCUT2D eigenvalue weighted by molar-refractivity contribution is 4.73. The summed E-state index contributed by atoms with van der Waals surface area (Å²) in [5, 5.41) is 17.8. The summed E-state index contributed by atoms with van der Waals surface area (Å²) in [4.78, 5) is 0. The number of hydrogen-bond donors (Lipinski definition) is 2. The minimum absolute atomic E-state index is 0.140. The van der Waals surface area contributed by atoms with Gasteiger partial charge in [0.05, 0.1) is 12.7 Å². The summed E-state index contributed by atoms with van der Waals surface area (Å²) in [6.45, 7) is 2.13. The van der Waals surface area contributed by atoms with E-state index >= 15 is 0 Å². The Kier molecular flexibility index (Phi) is 17.9. The molecule has 1 atom stereocenters. The number of rotatable bonds is 17. The fourth-order valence-electron chi connectivity index (χ4n) is 2.72. The third-order valence-electron chi connectivity index (χ3n) is 4.18. The van der Waals surface area contributed by atoms with E-state index in [2.05, 4.69) is 6.92 Å². The molecule has 1 radical (unpaired) electrons. The second-order valence-electron chi connectivity index (χ2n) is 6.37. The summed E-state index contributed by atoms with van der Waals surface area (Å²) in [6, 6.07) is 0. The van der Waals surface area contributed by atoms with Gasteiger partial charge in [-0.15, -0.1) is 0 Å². The Morgan fingerprint density at radius 2 is 1.05 bits per heavy atom. The van der Waals surface area contributed by atoms with Gasteiger partial charge >= 0.3 is 0 Å². The molecule has 0 heterocycles. The predicted molar refractivity (Wildman–Crippen MR) is 92.3 cm³/mol. The molecule has 0 bridgehead atoms. The molecule has 0 aromatic heterocycles. The molecule has 0 aliphatic rings. The van der Waals surface area contributed by atoms with Gasteiger partial charge in [-0.25, -0.2) is 0 Å².